The van der Waals surface area contributed by atoms with Gasteiger partial charge >= 0.3 is 5.69 Å². The number of para-hydroxylation sites is 1. The van der Waals surface area contributed by atoms with Gasteiger partial charge in [-0.15, -0.1) is 0 Å². The second kappa shape index (κ2) is 6.39. The van der Waals surface area contributed by atoms with Crippen LogP contribution in [0.2, 0.25) is 0 Å². The maximum Gasteiger partial charge on any atom is 0.325 e. The molecule has 1 aromatic carbocycles. The van der Waals surface area contributed by atoms with E-state index in [1.54, 1.807) is 31.2 Å². The van der Waals surface area contributed by atoms with Gasteiger partial charge in [-0.2, -0.15) is 0 Å². The molecule has 1 atom stereocenters. The van der Waals surface area contributed by atoms with Gasteiger partial charge in [0.05, 0.1) is 7.11 Å². The number of methoxy groups -OCH3 is 1. The monoisotopic (exact) mass is 339 g/mol. The summed E-state index contributed by atoms with van der Waals surface area (Å²) < 4.78 is 32.6. The predicted molar refractivity (Wildman–Crippen MR) is 84.2 cm³/mol. The van der Waals surface area contributed by atoms with Crippen molar-refractivity contribution in [2.45, 2.75) is 24.8 Å². The van der Waals surface area contributed by atoms with Gasteiger partial charge in [0.1, 0.15) is 5.75 Å². The zero-order valence-electron chi connectivity index (χ0n) is 12.8. The Labute approximate surface area is 132 Å². The third kappa shape index (κ3) is 3.51. The molecule has 3 N–H and O–H groups in total. The molecule has 2 rings (SSSR count). The molecule has 0 spiro atoms. The van der Waals surface area contributed by atoms with E-state index in [-0.39, 0.29) is 5.69 Å². The Morgan fingerprint density at radius 3 is 2.43 bits per heavy atom. The maximum atomic E-state index is 12.5. The molecule has 1 aromatic heterocycles. The van der Waals surface area contributed by atoms with Crippen molar-refractivity contribution in [3.63, 3.8) is 0 Å². The van der Waals surface area contributed by atoms with Gasteiger partial charge in [0.15, 0.2) is 4.90 Å². The second-order valence-corrected chi connectivity index (χ2v) is 6.60. The quantitative estimate of drug-likeness (QED) is 0.729. The largest absolute Gasteiger partial charge is 0.496 e. The number of ether oxygens (including phenoxy) is 1. The molecule has 2 aromatic rings. The normalized spacial score (nSPS) is 12.8. The molecule has 0 amide bonds. The highest BCUT2D eigenvalue weighted by molar-refractivity contribution is 7.89. The summed E-state index contributed by atoms with van der Waals surface area (Å²) in [6.07, 6.45) is 0. The molecule has 0 aliphatic rings. The van der Waals surface area contributed by atoms with Gasteiger partial charge in [0, 0.05) is 17.3 Å². The van der Waals surface area contributed by atoms with Crippen molar-refractivity contribution in [3.05, 3.63) is 56.4 Å². The van der Waals surface area contributed by atoms with Crippen LogP contribution in [0, 0.1) is 6.92 Å². The van der Waals surface area contributed by atoms with Gasteiger partial charge in [0.25, 0.3) is 5.56 Å². The van der Waals surface area contributed by atoms with Crippen molar-refractivity contribution in [2.75, 3.05) is 7.11 Å². The Kier molecular flexibility index (Phi) is 4.71. The molecule has 1 heterocycles. The first-order valence-electron chi connectivity index (χ1n) is 6.74. The van der Waals surface area contributed by atoms with Gasteiger partial charge in [-0.1, -0.05) is 18.2 Å². The highest BCUT2D eigenvalue weighted by atomic mass is 32.2. The van der Waals surface area contributed by atoms with Crippen LogP contribution in [0.4, 0.5) is 0 Å². The lowest BCUT2D eigenvalue weighted by Gasteiger charge is -2.17. The van der Waals surface area contributed by atoms with Crippen LogP contribution < -0.4 is 20.7 Å². The van der Waals surface area contributed by atoms with Gasteiger partial charge in [-0.3, -0.25) is 9.78 Å². The molecule has 9 heteroatoms. The van der Waals surface area contributed by atoms with E-state index in [1.165, 1.54) is 14.0 Å². The molecule has 0 radical (unpaired) electrons. The van der Waals surface area contributed by atoms with E-state index < -0.39 is 32.2 Å². The minimum atomic E-state index is -4.13. The molecule has 0 saturated carbocycles. The molecule has 0 saturated heterocycles. The molecular weight excluding hydrogens is 322 g/mol. The maximum absolute atomic E-state index is 12.5. The Morgan fingerprint density at radius 2 is 1.83 bits per heavy atom. The number of rotatable bonds is 5. The van der Waals surface area contributed by atoms with Crippen molar-refractivity contribution >= 4 is 10.0 Å². The summed E-state index contributed by atoms with van der Waals surface area (Å²) in [7, 11) is -2.65. The van der Waals surface area contributed by atoms with Gasteiger partial charge in [-0.25, -0.2) is 17.9 Å². The first-order valence-corrected chi connectivity index (χ1v) is 8.23. The average Bonchev–Trinajstić information content (AvgIpc) is 2.45. The number of benzene rings is 1. The fourth-order valence-electron chi connectivity index (χ4n) is 2.29. The van der Waals surface area contributed by atoms with Crippen molar-refractivity contribution in [2.24, 2.45) is 0 Å². The second-order valence-electron chi connectivity index (χ2n) is 4.95. The van der Waals surface area contributed by atoms with Crippen molar-refractivity contribution in [3.8, 4) is 5.75 Å². The molecule has 0 unspecified atom stereocenters. The van der Waals surface area contributed by atoms with Crippen LogP contribution in [0.25, 0.3) is 0 Å². The average molecular weight is 339 g/mol. The topological polar surface area (TPSA) is 121 Å². The predicted octanol–water partition coefficient (Wildman–Crippen LogP) is 0.420. The number of aryl methyl sites for hydroxylation is 1. The molecule has 124 valence electrons. The summed E-state index contributed by atoms with van der Waals surface area (Å²) in [5, 5.41) is 0. The number of H-pyrrole nitrogens is 2. The van der Waals surface area contributed by atoms with Crippen molar-refractivity contribution < 1.29 is 13.2 Å². The van der Waals surface area contributed by atoms with Crippen LogP contribution in [-0.4, -0.2) is 25.5 Å². The number of nitrogens with one attached hydrogen (secondary N) is 3. The van der Waals surface area contributed by atoms with E-state index in [1.807, 2.05) is 4.98 Å². The Bertz CT molecular complexity index is 930. The summed E-state index contributed by atoms with van der Waals surface area (Å²) in [5.74, 6) is 0.523. The number of hydrogen-bond acceptors (Lipinski definition) is 5. The molecular formula is C14H17N3O5S. The van der Waals surface area contributed by atoms with Crippen LogP contribution >= 0.6 is 0 Å². The van der Waals surface area contributed by atoms with Gasteiger partial charge in [-0.05, 0) is 19.9 Å². The third-order valence-corrected chi connectivity index (χ3v) is 4.97. The van der Waals surface area contributed by atoms with E-state index in [4.69, 9.17) is 4.74 Å². The molecule has 0 aliphatic heterocycles. The highest BCUT2D eigenvalue weighted by Gasteiger charge is 2.25. The zero-order chi connectivity index (χ0) is 17.2. The van der Waals surface area contributed by atoms with E-state index >= 15 is 0 Å². The number of sulfonamides is 1. The minimum Gasteiger partial charge on any atom is -0.496 e. The SMILES string of the molecule is COc1ccccc1[C@H](C)NS(=O)(=O)c1c(C)[nH]c(=O)[nH]c1=O. The fourth-order valence-corrected chi connectivity index (χ4v) is 3.75. The first-order chi connectivity index (χ1) is 10.8. The van der Waals surface area contributed by atoms with Crippen LogP contribution in [0.15, 0.2) is 38.8 Å². The summed E-state index contributed by atoms with van der Waals surface area (Å²) in [6, 6.07) is 6.30. The Hall–Kier alpha value is -2.39. The van der Waals surface area contributed by atoms with E-state index in [9.17, 15) is 18.0 Å². The van der Waals surface area contributed by atoms with E-state index in [0.29, 0.717) is 11.3 Å². The van der Waals surface area contributed by atoms with Crippen molar-refractivity contribution in [1.29, 1.82) is 0 Å². The van der Waals surface area contributed by atoms with Gasteiger partial charge < -0.3 is 9.72 Å². The molecule has 0 bridgehead atoms. The molecule has 23 heavy (non-hydrogen) atoms. The third-order valence-electron chi connectivity index (χ3n) is 3.28. The molecule has 8 nitrogen and oxygen atoms in total. The lowest BCUT2D eigenvalue weighted by Crippen LogP contribution is -2.36. The first kappa shape index (κ1) is 17.0. The fraction of sp³-hybridized carbons (Fsp3) is 0.286. The summed E-state index contributed by atoms with van der Waals surface area (Å²) in [5.41, 5.74) is -1.13. The Morgan fingerprint density at radius 1 is 1.17 bits per heavy atom. The summed E-state index contributed by atoms with van der Waals surface area (Å²) in [4.78, 5) is 26.7. The van der Waals surface area contributed by atoms with E-state index in [2.05, 4.69) is 9.71 Å². The minimum absolute atomic E-state index is 0.0292. The highest BCUT2D eigenvalue weighted by Crippen LogP contribution is 2.25. The lowest BCUT2D eigenvalue weighted by molar-refractivity contribution is 0.405. The number of hydrogen-bond donors (Lipinski definition) is 3. The zero-order valence-corrected chi connectivity index (χ0v) is 13.7. The van der Waals surface area contributed by atoms with Crippen LogP contribution in [0.5, 0.6) is 5.75 Å². The van der Waals surface area contributed by atoms with Crippen molar-refractivity contribution in [1.82, 2.24) is 14.7 Å². The Balaban J connectivity index is 2.43. The number of aromatic amines is 2. The summed E-state index contributed by atoms with van der Waals surface area (Å²) >= 11 is 0. The van der Waals surface area contributed by atoms with Crippen LogP contribution in [-0.2, 0) is 10.0 Å². The standard InChI is InChI=1S/C14H17N3O5S/c1-8(10-6-4-5-7-11(10)22-3)17-23(20,21)12-9(2)15-14(19)16-13(12)18/h4-8,17H,1-3H3,(H2,15,16,18,19)/t8-/m0/s1. The summed E-state index contributed by atoms with van der Waals surface area (Å²) in [6.45, 7) is 2.98. The molecule has 0 aliphatic carbocycles. The van der Waals surface area contributed by atoms with Crippen LogP contribution in [0.3, 0.4) is 0 Å². The van der Waals surface area contributed by atoms with Crippen LogP contribution in [0.1, 0.15) is 24.2 Å². The lowest BCUT2D eigenvalue weighted by atomic mass is 10.1. The number of aromatic nitrogens is 2. The van der Waals surface area contributed by atoms with Gasteiger partial charge in [0.2, 0.25) is 10.0 Å². The smallest absolute Gasteiger partial charge is 0.325 e. The molecule has 0 fully saturated rings. The van der Waals surface area contributed by atoms with E-state index in [0.717, 1.165) is 0 Å².